The van der Waals surface area contributed by atoms with E-state index >= 15 is 0 Å². The standard InChI is InChI=1S/C21H25N7O2/c22-12-14-13-30-10-7-18(14)26-19-6-5-17(20(23)29)21(27-19)25-15-3-1-4-16(11-15)28-9-2-8-24-28/h1-6,8-9,11,14,18H,7,10,12-13,22H2,(H2,23,29)(H2,25,26,27)/t14?,18-/m1/s1. The van der Waals surface area contributed by atoms with Crippen molar-refractivity contribution < 1.29 is 9.53 Å². The van der Waals surface area contributed by atoms with Crippen molar-refractivity contribution in [2.45, 2.75) is 12.5 Å². The number of pyridine rings is 1. The van der Waals surface area contributed by atoms with Crippen LogP contribution < -0.4 is 22.1 Å². The molecule has 6 N–H and O–H groups in total. The minimum atomic E-state index is -0.550. The van der Waals surface area contributed by atoms with E-state index in [1.165, 1.54) is 0 Å². The molecular formula is C21H25N7O2. The number of amides is 1. The number of benzene rings is 1. The second-order valence-electron chi connectivity index (χ2n) is 7.19. The highest BCUT2D eigenvalue weighted by Gasteiger charge is 2.25. The van der Waals surface area contributed by atoms with E-state index < -0.39 is 5.91 Å². The number of aromatic nitrogens is 3. The first-order chi connectivity index (χ1) is 14.6. The molecule has 0 aliphatic carbocycles. The molecule has 3 aromatic rings. The summed E-state index contributed by atoms with van der Waals surface area (Å²) in [4.78, 5) is 16.6. The van der Waals surface area contributed by atoms with Crippen LogP contribution in [-0.4, -0.2) is 46.5 Å². The van der Waals surface area contributed by atoms with Gasteiger partial charge in [0.1, 0.15) is 11.6 Å². The molecule has 2 atom stereocenters. The van der Waals surface area contributed by atoms with Crippen LogP contribution in [0.5, 0.6) is 0 Å². The van der Waals surface area contributed by atoms with Crippen LogP contribution in [0.15, 0.2) is 54.9 Å². The van der Waals surface area contributed by atoms with E-state index in [0.29, 0.717) is 37.0 Å². The van der Waals surface area contributed by atoms with Crippen LogP contribution in [0, 0.1) is 5.92 Å². The number of anilines is 3. The smallest absolute Gasteiger partial charge is 0.252 e. The van der Waals surface area contributed by atoms with Crippen LogP contribution in [0.2, 0.25) is 0 Å². The number of nitrogens with one attached hydrogen (secondary N) is 2. The van der Waals surface area contributed by atoms with Crippen LogP contribution in [0.4, 0.5) is 17.3 Å². The van der Waals surface area contributed by atoms with Crippen molar-refractivity contribution >= 4 is 23.2 Å². The normalized spacial score (nSPS) is 18.7. The molecular weight excluding hydrogens is 382 g/mol. The van der Waals surface area contributed by atoms with Crippen LogP contribution in [0.1, 0.15) is 16.8 Å². The van der Waals surface area contributed by atoms with Gasteiger partial charge in [-0.3, -0.25) is 4.79 Å². The highest BCUT2D eigenvalue weighted by Crippen LogP contribution is 2.25. The largest absolute Gasteiger partial charge is 0.381 e. The van der Waals surface area contributed by atoms with Gasteiger partial charge in [-0.15, -0.1) is 0 Å². The first-order valence-corrected chi connectivity index (χ1v) is 9.86. The van der Waals surface area contributed by atoms with Crippen LogP contribution in [-0.2, 0) is 4.74 Å². The summed E-state index contributed by atoms with van der Waals surface area (Å²) in [6.45, 7) is 1.83. The van der Waals surface area contributed by atoms with Gasteiger partial charge in [-0.2, -0.15) is 5.10 Å². The summed E-state index contributed by atoms with van der Waals surface area (Å²) < 4.78 is 7.27. The lowest BCUT2D eigenvalue weighted by Crippen LogP contribution is -2.41. The van der Waals surface area contributed by atoms with Crippen molar-refractivity contribution in [3.63, 3.8) is 0 Å². The molecule has 156 valence electrons. The lowest BCUT2D eigenvalue weighted by molar-refractivity contribution is 0.0501. The van der Waals surface area contributed by atoms with Gasteiger partial charge in [0.05, 0.1) is 17.9 Å². The molecule has 0 radical (unpaired) electrons. The van der Waals surface area contributed by atoms with Crippen molar-refractivity contribution in [3.8, 4) is 5.69 Å². The van der Waals surface area contributed by atoms with Crippen LogP contribution in [0.3, 0.4) is 0 Å². The lowest BCUT2D eigenvalue weighted by atomic mass is 9.96. The molecule has 0 saturated carbocycles. The summed E-state index contributed by atoms with van der Waals surface area (Å²) in [6, 6.07) is 13.1. The number of carbonyl (C=O) groups is 1. The third-order valence-electron chi connectivity index (χ3n) is 5.15. The van der Waals surface area contributed by atoms with Gasteiger partial charge >= 0.3 is 0 Å². The fourth-order valence-electron chi connectivity index (χ4n) is 3.53. The van der Waals surface area contributed by atoms with Gasteiger partial charge in [0.2, 0.25) is 0 Å². The highest BCUT2D eigenvalue weighted by molar-refractivity contribution is 5.98. The lowest BCUT2D eigenvalue weighted by Gasteiger charge is -2.31. The molecule has 3 heterocycles. The van der Waals surface area contributed by atoms with Gasteiger partial charge in [-0.25, -0.2) is 9.67 Å². The number of hydrogen-bond donors (Lipinski definition) is 4. The van der Waals surface area contributed by atoms with Crippen molar-refractivity contribution in [1.82, 2.24) is 14.8 Å². The first-order valence-electron chi connectivity index (χ1n) is 9.86. The van der Waals surface area contributed by atoms with Gasteiger partial charge in [-0.1, -0.05) is 6.07 Å². The average molecular weight is 407 g/mol. The predicted octanol–water partition coefficient (Wildman–Crippen LogP) is 1.89. The molecule has 4 rings (SSSR count). The fraction of sp³-hybridized carbons (Fsp3) is 0.286. The molecule has 1 unspecified atom stereocenters. The van der Waals surface area contributed by atoms with E-state index in [1.807, 2.05) is 36.5 Å². The second kappa shape index (κ2) is 8.93. The maximum absolute atomic E-state index is 11.9. The maximum atomic E-state index is 11.9. The summed E-state index contributed by atoms with van der Waals surface area (Å²) >= 11 is 0. The molecule has 30 heavy (non-hydrogen) atoms. The van der Waals surface area contributed by atoms with Gasteiger partial charge in [-0.05, 0) is 49.4 Å². The minimum absolute atomic E-state index is 0.159. The zero-order chi connectivity index (χ0) is 20.9. The Kier molecular flexibility index (Phi) is 5.92. The van der Waals surface area contributed by atoms with E-state index in [0.717, 1.165) is 17.8 Å². The van der Waals surface area contributed by atoms with Gasteiger partial charge in [0.15, 0.2) is 0 Å². The minimum Gasteiger partial charge on any atom is -0.381 e. The molecule has 1 aromatic carbocycles. The first kappa shape index (κ1) is 19.9. The van der Waals surface area contributed by atoms with Crippen LogP contribution >= 0.6 is 0 Å². The number of ether oxygens (including phenoxy) is 1. The Labute approximate surface area is 174 Å². The van der Waals surface area contributed by atoms with Crippen molar-refractivity contribution in [2.24, 2.45) is 17.4 Å². The van der Waals surface area contributed by atoms with E-state index in [-0.39, 0.29) is 12.0 Å². The number of primary amides is 1. The SMILES string of the molecule is NCC1COCC[C@H]1Nc1ccc(C(N)=O)c(Nc2cccc(-n3cccn3)c2)n1. The maximum Gasteiger partial charge on any atom is 0.252 e. The Bertz CT molecular complexity index is 1010. The van der Waals surface area contributed by atoms with Crippen molar-refractivity contribution in [1.29, 1.82) is 0 Å². The van der Waals surface area contributed by atoms with E-state index in [4.69, 9.17) is 16.2 Å². The Balaban J connectivity index is 1.59. The molecule has 1 saturated heterocycles. The van der Waals surface area contributed by atoms with E-state index in [2.05, 4.69) is 20.7 Å². The van der Waals surface area contributed by atoms with Gasteiger partial charge < -0.3 is 26.8 Å². The van der Waals surface area contributed by atoms with E-state index in [1.54, 1.807) is 23.0 Å². The molecule has 9 nitrogen and oxygen atoms in total. The summed E-state index contributed by atoms with van der Waals surface area (Å²) in [7, 11) is 0. The van der Waals surface area contributed by atoms with Crippen molar-refractivity contribution in [2.75, 3.05) is 30.4 Å². The Morgan fingerprint density at radius 2 is 2.17 bits per heavy atom. The molecule has 1 amide bonds. The fourth-order valence-corrected chi connectivity index (χ4v) is 3.53. The summed E-state index contributed by atoms with van der Waals surface area (Å²) in [5.41, 5.74) is 13.4. The van der Waals surface area contributed by atoms with Gasteiger partial charge in [0, 0.05) is 36.6 Å². The van der Waals surface area contributed by atoms with Crippen molar-refractivity contribution in [3.05, 3.63) is 60.4 Å². The zero-order valence-corrected chi connectivity index (χ0v) is 16.5. The van der Waals surface area contributed by atoms with E-state index in [9.17, 15) is 4.79 Å². The molecule has 9 heteroatoms. The van der Waals surface area contributed by atoms with Crippen LogP contribution in [0.25, 0.3) is 5.69 Å². The predicted molar refractivity (Wildman–Crippen MR) is 115 cm³/mol. The summed E-state index contributed by atoms with van der Waals surface area (Å²) in [6.07, 6.45) is 4.42. The number of carbonyl (C=O) groups excluding carboxylic acids is 1. The third-order valence-corrected chi connectivity index (χ3v) is 5.15. The summed E-state index contributed by atoms with van der Waals surface area (Å²) in [5, 5.41) is 10.9. The third kappa shape index (κ3) is 4.42. The second-order valence-corrected chi connectivity index (χ2v) is 7.19. The number of rotatable bonds is 7. The molecule has 1 fully saturated rings. The molecule has 2 aromatic heterocycles. The number of nitrogens with zero attached hydrogens (tertiary/aromatic N) is 3. The Morgan fingerprint density at radius 3 is 2.93 bits per heavy atom. The quantitative estimate of drug-likeness (QED) is 0.470. The summed E-state index contributed by atoms with van der Waals surface area (Å²) in [5.74, 6) is 0.696. The Hall–Kier alpha value is -3.43. The Morgan fingerprint density at radius 1 is 1.27 bits per heavy atom. The molecule has 0 bridgehead atoms. The number of hydrogen-bond acceptors (Lipinski definition) is 7. The van der Waals surface area contributed by atoms with Gasteiger partial charge in [0.25, 0.3) is 5.91 Å². The molecule has 1 aliphatic heterocycles. The number of nitrogens with two attached hydrogens (primary N) is 2. The highest BCUT2D eigenvalue weighted by atomic mass is 16.5. The average Bonchev–Trinajstić information content (AvgIpc) is 3.29. The monoisotopic (exact) mass is 407 g/mol. The molecule has 1 aliphatic rings. The molecule has 0 spiro atoms. The topological polar surface area (TPSA) is 133 Å². The zero-order valence-electron chi connectivity index (χ0n) is 16.5.